The molecule has 0 bridgehead atoms. The number of nitrogens with zero attached hydrogens (tertiary/aromatic N) is 2. The van der Waals surface area contributed by atoms with Gasteiger partial charge in [0.2, 0.25) is 0 Å². The molecular formula is C60H46N2. The van der Waals surface area contributed by atoms with Gasteiger partial charge in [0.1, 0.15) is 0 Å². The fourth-order valence-corrected chi connectivity index (χ4v) is 8.16. The predicted molar refractivity (Wildman–Crippen MR) is 265 cm³/mol. The molecule has 0 aliphatic heterocycles. The smallest absolute Gasteiger partial charge is 0.0540 e. The highest BCUT2D eigenvalue weighted by Crippen LogP contribution is 2.42. The summed E-state index contributed by atoms with van der Waals surface area (Å²) in [5, 5.41) is 0. The third-order valence-electron chi connectivity index (χ3n) is 11.3. The minimum Gasteiger partial charge on any atom is -0.310 e. The molecule has 0 saturated carbocycles. The first-order valence-electron chi connectivity index (χ1n) is 21.0. The third kappa shape index (κ3) is 8.31. The van der Waals surface area contributed by atoms with Gasteiger partial charge >= 0.3 is 0 Å². The van der Waals surface area contributed by atoms with Crippen molar-refractivity contribution in [1.82, 2.24) is 0 Å². The SMILES string of the molecule is C=C/C=C(\C=C)N(c1ccc(-c2ccc(-c3ccc(-c4ccc(N(c5ccccc5)c5ccccc5-c5ccccc5)cc4)cc3)cc2)cc1)c1ccccc1-c1ccccc1. The van der Waals surface area contributed by atoms with E-state index in [1.165, 1.54) is 33.4 Å². The first-order valence-corrected chi connectivity index (χ1v) is 21.0. The summed E-state index contributed by atoms with van der Waals surface area (Å²) in [6.07, 6.45) is 5.69. The van der Waals surface area contributed by atoms with Crippen molar-refractivity contribution in [3.63, 3.8) is 0 Å². The Balaban J connectivity index is 0.941. The van der Waals surface area contributed by atoms with Crippen molar-refractivity contribution in [2.75, 3.05) is 9.80 Å². The molecule has 9 rings (SSSR count). The molecule has 0 N–H and O–H groups in total. The maximum absolute atomic E-state index is 4.15. The van der Waals surface area contributed by atoms with Gasteiger partial charge < -0.3 is 9.80 Å². The van der Waals surface area contributed by atoms with E-state index in [0.717, 1.165) is 56.4 Å². The summed E-state index contributed by atoms with van der Waals surface area (Å²) < 4.78 is 0. The van der Waals surface area contributed by atoms with E-state index in [2.05, 4.69) is 253 Å². The van der Waals surface area contributed by atoms with E-state index in [1.807, 2.05) is 24.3 Å². The van der Waals surface area contributed by atoms with Gasteiger partial charge in [0.15, 0.2) is 0 Å². The van der Waals surface area contributed by atoms with Crippen molar-refractivity contribution < 1.29 is 0 Å². The van der Waals surface area contributed by atoms with Crippen LogP contribution in [0.25, 0.3) is 55.6 Å². The maximum Gasteiger partial charge on any atom is 0.0540 e. The summed E-state index contributed by atoms with van der Waals surface area (Å²) in [5.74, 6) is 0. The molecule has 0 unspecified atom stereocenters. The normalized spacial score (nSPS) is 11.1. The van der Waals surface area contributed by atoms with Gasteiger partial charge in [-0.15, -0.1) is 0 Å². The number of benzene rings is 9. The number of hydrogen-bond acceptors (Lipinski definition) is 2. The van der Waals surface area contributed by atoms with Crippen LogP contribution in [0.1, 0.15) is 0 Å². The maximum atomic E-state index is 4.15. The highest BCUT2D eigenvalue weighted by molar-refractivity contribution is 5.89. The van der Waals surface area contributed by atoms with E-state index < -0.39 is 0 Å². The fourth-order valence-electron chi connectivity index (χ4n) is 8.16. The molecule has 0 radical (unpaired) electrons. The summed E-state index contributed by atoms with van der Waals surface area (Å²) in [5.41, 5.74) is 18.1. The molecule has 9 aromatic carbocycles. The Morgan fingerprint density at radius 2 is 0.645 bits per heavy atom. The molecule has 0 atom stereocenters. The second-order valence-electron chi connectivity index (χ2n) is 15.1. The monoisotopic (exact) mass is 794 g/mol. The van der Waals surface area contributed by atoms with Gasteiger partial charge in [-0.05, 0) is 105 Å². The summed E-state index contributed by atoms with van der Waals surface area (Å²) in [6, 6.07) is 84.2. The van der Waals surface area contributed by atoms with Gasteiger partial charge in [0.05, 0.1) is 11.4 Å². The Morgan fingerprint density at radius 3 is 1.08 bits per heavy atom. The Labute approximate surface area is 366 Å². The molecule has 296 valence electrons. The molecule has 2 nitrogen and oxygen atoms in total. The molecular weight excluding hydrogens is 749 g/mol. The molecule has 0 fully saturated rings. The minimum absolute atomic E-state index is 0.943. The van der Waals surface area contributed by atoms with Gasteiger partial charge in [0, 0.05) is 33.9 Å². The zero-order valence-electron chi connectivity index (χ0n) is 34.6. The van der Waals surface area contributed by atoms with E-state index in [0.29, 0.717) is 0 Å². The predicted octanol–water partition coefficient (Wildman–Crippen LogP) is 16.9. The second-order valence-corrected chi connectivity index (χ2v) is 15.1. The zero-order valence-corrected chi connectivity index (χ0v) is 34.6. The van der Waals surface area contributed by atoms with Gasteiger partial charge in [-0.1, -0.05) is 207 Å². The average molecular weight is 795 g/mol. The second kappa shape index (κ2) is 18.4. The summed E-state index contributed by atoms with van der Waals surface area (Å²) in [4.78, 5) is 4.59. The Morgan fingerprint density at radius 1 is 0.306 bits per heavy atom. The number of rotatable bonds is 13. The van der Waals surface area contributed by atoms with Crippen LogP contribution in [0.3, 0.4) is 0 Å². The first kappa shape index (κ1) is 39.3. The van der Waals surface area contributed by atoms with E-state index in [1.54, 1.807) is 0 Å². The fraction of sp³-hybridized carbons (Fsp3) is 0. The van der Waals surface area contributed by atoms with E-state index in [9.17, 15) is 0 Å². The van der Waals surface area contributed by atoms with E-state index >= 15 is 0 Å². The largest absolute Gasteiger partial charge is 0.310 e. The van der Waals surface area contributed by atoms with E-state index in [4.69, 9.17) is 0 Å². The summed E-state index contributed by atoms with van der Waals surface area (Å²) >= 11 is 0. The minimum atomic E-state index is 0.943. The van der Waals surface area contributed by atoms with Crippen LogP contribution in [-0.2, 0) is 0 Å². The van der Waals surface area contributed by atoms with Crippen LogP contribution >= 0.6 is 0 Å². The van der Waals surface area contributed by atoms with Crippen molar-refractivity contribution in [1.29, 1.82) is 0 Å². The lowest BCUT2D eigenvalue weighted by Gasteiger charge is -2.28. The van der Waals surface area contributed by atoms with Crippen LogP contribution in [0.4, 0.5) is 28.4 Å². The van der Waals surface area contributed by atoms with E-state index in [-0.39, 0.29) is 0 Å². The molecule has 0 spiro atoms. The molecule has 0 aliphatic carbocycles. The van der Waals surface area contributed by atoms with Crippen molar-refractivity contribution in [2.45, 2.75) is 0 Å². The number of anilines is 5. The molecule has 0 aromatic heterocycles. The van der Waals surface area contributed by atoms with Gasteiger partial charge in [0.25, 0.3) is 0 Å². The Bertz CT molecular complexity index is 2930. The highest BCUT2D eigenvalue weighted by Gasteiger charge is 2.19. The zero-order chi connectivity index (χ0) is 42.1. The number of para-hydroxylation sites is 3. The van der Waals surface area contributed by atoms with Gasteiger partial charge in [-0.3, -0.25) is 0 Å². The quantitative estimate of drug-likeness (QED) is 0.107. The van der Waals surface area contributed by atoms with Crippen LogP contribution in [0.5, 0.6) is 0 Å². The lowest BCUT2D eigenvalue weighted by Crippen LogP contribution is -2.16. The van der Waals surface area contributed by atoms with Gasteiger partial charge in [-0.25, -0.2) is 0 Å². The Kier molecular flexibility index (Phi) is 11.6. The van der Waals surface area contributed by atoms with Crippen LogP contribution < -0.4 is 9.80 Å². The Hall–Kier alpha value is -8.20. The molecule has 9 aromatic rings. The molecule has 0 heterocycles. The molecule has 0 aliphatic rings. The lowest BCUT2D eigenvalue weighted by atomic mass is 9.97. The number of allylic oxidation sites excluding steroid dienone is 3. The third-order valence-corrected chi connectivity index (χ3v) is 11.3. The van der Waals surface area contributed by atoms with Crippen LogP contribution in [0, 0.1) is 0 Å². The molecule has 62 heavy (non-hydrogen) atoms. The summed E-state index contributed by atoms with van der Waals surface area (Å²) in [6.45, 7) is 8.13. The van der Waals surface area contributed by atoms with Crippen molar-refractivity contribution >= 4 is 28.4 Å². The van der Waals surface area contributed by atoms with Gasteiger partial charge in [-0.2, -0.15) is 0 Å². The van der Waals surface area contributed by atoms with Crippen LogP contribution in [-0.4, -0.2) is 0 Å². The first-order chi connectivity index (χ1) is 30.7. The molecule has 0 amide bonds. The number of hydrogen-bond donors (Lipinski definition) is 0. The highest BCUT2D eigenvalue weighted by atomic mass is 15.2. The molecule has 0 saturated heterocycles. The lowest BCUT2D eigenvalue weighted by molar-refractivity contribution is 1.21. The van der Waals surface area contributed by atoms with Crippen molar-refractivity contribution in [3.8, 4) is 55.6 Å². The summed E-state index contributed by atoms with van der Waals surface area (Å²) in [7, 11) is 0. The standard InChI is InChI=1S/C60H46N2/c1-3-18-53(4-2)61(59-27-16-14-25-57(59)51-19-8-5-9-20-51)55-41-37-49(38-42-55)47-33-29-45(30-34-47)46-31-35-48(36-32-46)50-39-43-56(44-40-50)62(54-23-12-7-13-24-54)60-28-17-15-26-58(60)52-21-10-6-11-22-52/h3-44H,1-2H2/b53-18+. The van der Waals surface area contributed by atoms with Crippen LogP contribution in [0.15, 0.2) is 274 Å². The average Bonchev–Trinajstić information content (AvgIpc) is 3.36. The molecule has 2 heteroatoms. The van der Waals surface area contributed by atoms with Crippen molar-refractivity contribution in [2.24, 2.45) is 0 Å². The topological polar surface area (TPSA) is 6.48 Å². The van der Waals surface area contributed by atoms with Crippen molar-refractivity contribution in [3.05, 3.63) is 274 Å². The van der Waals surface area contributed by atoms with Crippen LogP contribution in [0.2, 0.25) is 0 Å².